The minimum absolute atomic E-state index is 0. The van der Waals surface area contributed by atoms with Crippen LogP contribution in [0.5, 0.6) is 0 Å². The predicted molar refractivity (Wildman–Crippen MR) is 97.0 cm³/mol. The molecule has 2 aromatic rings. The van der Waals surface area contributed by atoms with Gasteiger partial charge in [0.25, 0.3) is 0 Å². The van der Waals surface area contributed by atoms with E-state index in [2.05, 4.69) is 20.2 Å². The Labute approximate surface area is 147 Å². The van der Waals surface area contributed by atoms with Gasteiger partial charge >= 0.3 is 0 Å². The van der Waals surface area contributed by atoms with Crippen molar-refractivity contribution in [1.82, 2.24) is 20.2 Å². The van der Waals surface area contributed by atoms with E-state index in [9.17, 15) is 0 Å². The molecule has 4 nitrogen and oxygen atoms in total. The van der Waals surface area contributed by atoms with E-state index in [1.165, 1.54) is 50.3 Å². The largest absolute Gasteiger partial charge is 0.317 e. The maximum Gasteiger partial charge on any atom is 0.142 e. The highest BCUT2D eigenvalue weighted by Gasteiger charge is 2.38. The maximum absolute atomic E-state index is 4.55. The highest BCUT2D eigenvalue weighted by molar-refractivity contribution is 7.14. The number of likely N-dealkylation sites (tertiary alicyclic amines) is 1. The molecule has 4 rings (SSSR count). The Kier molecular flexibility index (Phi) is 5.31. The van der Waals surface area contributed by atoms with Crippen molar-refractivity contribution in [2.24, 2.45) is 5.41 Å². The molecule has 0 unspecified atom stereocenters. The van der Waals surface area contributed by atoms with Crippen LogP contribution < -0.4 is 5.32 Å². The maximum atomic E-state index is 4.55. The first-order valence-corrected chi connectivity index (χ1v) is 8.94. The van der Waals surface area contributed by atoms with Gasteiger partial charge in [0.05, 0.1) is 5.69 Å². The summed E-state index contributed by atoms with van der Waals surface area (Å²) in [5.41, 5.74) is 1.56. The molecule has 2 saturated heterocycles. The number of halogens is 1. The van der Waals surface area contributed by atoms with Gasteiger partial charge in [-0.15, -0.1) is 23.7 Å². The molecule has 6 heteroatoms. The molecular formula is C17H23ClN4S. The van der Waals surface area contributed by atoms with Crippen molar-refractivity contribution in [1.29, 1.82) is 0 Å². The van der Waals surface area contributed by atoms with Gasteiger partial charge < -0.3 is 5.32 Å². The summed E-state index contributed by atoms with van der Waals surface area (Å²) in [7, 11) is 0. The Morgan fingerprint density at radius 3 is 2.83 bits per heavy atom. The highest BCUT2D eigenvalue weighted by Crippen LogP contribution is 2.39. The quantitative estimate of drug-likeness (QED) is 0.922. The van der Waals surface area contributed by atoms with Crippen molar-refractivity contribution < 1.29 is 0 Å². The molecule has 2 aliphatic heterocycles. The van der Waals surface area contributed by atoms with Crippen LogP contribution in [0.2, 0.25) is 0 Å². The van der Waals surface area contributed by atoms with Crippen LogP contribution >= 0.6 is 23.7 Å². The van der Waals surface area contributed by atoms with E-state index >= 15 is 0 Å². The van der Waals surface area contributed by atoms with Crippen LogP contribution in [-0.2, 0) is 6.54 Å². The number of pyridine rings is 1. The molecule has 2 aliphatic rings. The van der Waals surface area contributed by atoms with Gasteiger partial charge in [-0.25, -0.2) is 4.98 Å². The summed E-state index contributed by atoms with van der Waals surface area (Å²) in [6.07, 6.45) is 7.90. The molecular weight excluding hydrogens is 328 g/mol. The predicted octanol–water partition coefficient (Wildman–Crippen LogP) is 3.20. The zero-order valence-electron chi connectivity index (χ0n) is 13.2. The lowest BCUT2D eigenvalue weighted by molar-refractivity contribution is 0.194. The molecule has 2 fully saturated rings. The van der Waals surface area contributed by atoms with E-state index in [1.807, 2.05) is 30.6 Å². The summed E-state index contributed by atoms with van der Waals surface area (Å²) in [6, 6.07) is 5.99. The van der Waals surface area contributed by atoms with Gasteiger partial charge in [-0.05, 0) is 56.4 Å². The molecule has 0 aromatic carbocycles. The van der Waals surface area contributed by atoms with Crippen molar-refractivity contribution in [2.75, 3.05) is 26.2 Å². The van der Waals surface area contributed by atoms with E-state index in [1.54, 1.807) is 11.3 Å². The Morgan fingerprint density at radius 1 is 1.17 bits per heavy atom. The molecule has 1 N–H and O–H groups in total. The first-order valence-electron chi connectivity index (χ1n) is 8.12. The standard InChI is InChI=1S/C17H22N4S.ClH/c1-2-7-19-15(3-1)16-20-11-14(22-16)12-21-10-6-17(13-21)4-8-18-9-5-17;/h1-3,7,11,18H,4-6,8-10,12-13H2;1H. The second-order valence-corrected chi connectivity index (χ2v) is 7.67. The Bertz CT molecular complexity index is 625. The van der Waals surface area contributed by atoms with E-state index in [0.29, 0.717) is 5.41 Å². The third-order valence-electron chi connectivity index (χ3n) is 5.00. The zero-order chi connectivity index (χ0) is 14.8. The average molecular weight is 351 g/mol. The number of hydrogen-bond donors (Lipinski definition) is 1. The SMILES string of the molecule is Cl.c1ccc(-c2ncc(CN3CCC4(CCNCC4)C3)s2)nc1. The number of aromatic nitrogens is 2. The fraction of sp³-hybridized carbons (Fsp3) is 0.529. The topological polar surface area (TPSA) is 41.1 Å². The molecule has 124 valence electrons. The van der Waals surface area contributed by atoms with Gasteiger partial charge in [0.2, 0.25) is 0 Å². The number of piperidine rings is 1. The van der Waals surface area contributed by atoms with E-state index in [-0.39, 0.29) is 12.4 Å². The van der Waals surface area contributed by atoms with Gasteiger partial charge in [0.15, 0.2) is 0 Å². The van der Waals surface area contributed by atoms with Gasteiger partial charge in [-0.1, -0.05) is 6.07 Å². The number of hydrogen-bond acceptors (Lipinski definition) is 5. The lowest BCUT2D eigenvalue weighted by Crippen LogP contribution is -2.38. The van der Waals surface area contributed by atoms with Crippen LogP contribution in [0, 0.1) is 5.41 Å². The lowest BCUT2D eigenvalue weighted by Gasteiger charge is -2.33. The molecule has 1 spiro atoms. The monoisotopic (exact) mass is 350 g/mol. The smallest absolute Gasteiger partial charge is 0.142 e. The summed E-state index contributed by atoms with van der Waals surface area (Å²) in [5, 5.41) is 4.52. The van der Waals surface area contributed by atoms with Crippen LogP contribution in [0.15, 0.2) is 30.6 Å². The first-order chi connectivity index (χ1) is 10.8. The molecule has 0 radical (unpaired) electrons. The fourth-order valence-corrected chi connectivity index (χ4v) is 4.67. The van der Waals surface area contributed by atoms with Crippen molar-refractivity contribution >= 4 is 23.7 Å². The van der Waals surface area contributed by atoms with Crippen LogP contribution in [0.4, 0.5) is 0 Å². The van der Waals surface area contributed by atoms with Crippen molar-refractivity contribution in [3.63, 3.8) is 0 Å². The summed E-state index contributed by atoms with van der Waals surface area (Å²) in [4.78, 5) is 12.9. The Hall–Kier alpha value is -1.01. The molecule has 4 heterocycles. The normalized spacial score (nSPS) is 20.5. The molecule has 0 saturated carbocycles. The van der Waals surface area contributed by atoms with Crippen LogP contribution in [-0.4, -0.2) is 41.0 Å². The number of rotatable bonds is 3. The zero-order valence-corrected chi connectivity index (χ0v) is 14.8. The van der Waals surface area contributed by atoms with E-state index in [4.69, 9.17) is 0 Å². The van der Waals surface area contributed by atoms with E-state index < -0.39 is 0 Å². The third-order valence-corrected chi connectivity index (χ3v) is 6.00. The molecule has 23 heavy (non-hydrogen) atoms. The Morgan fingerprint density at radius 2 is 2.04 bits per heavy atom. The molecule has 0 amide bonds. The number of nitrogens with zero attached hydrogens (tertiary/aromatic N) is 3. The van der Waals surface area contributed by atoms with Gasteiger partial charge in [0, 0.05) is 30.4 Å². The first kappa shape index (κ1) is 16.8. The van der Waals surface area contributed by atoms with Gasteiger partial charge in [-0.3, -0.25) is 9.88 Å². The lowest BCUT2D eigenvalue weighted by atomic mass is 9.78. The van der Waals surface area contributed by atoms with Gasteiger partial charge in [-0.2, -0.15) is 0 Å². The third kappa shape index (κ3) is 3.74. The number of nitrogens with one attached hydrogen (secondary N) is 1. The van der Waals surface area contributed by atoms with Crippen LogP contribution in [0.1, 0.15) is 24.1 Å². The number of thiazole rings is 1. The molecule has 0 atom stereocenters. The van der Waals surface area contributed by atoms with Crippen LogP contribution in [0.25, 0.3) is 10.7 Å². The highest BCUT2D eigenvalue weighted by atomic mass is 35.5. The molecule has 0 bridgehead atoms. The second-order valence-electron chi connectivity index (χ2n) is 6.56. The second kappa shape index (κ2) is 7.26. The van der Waals surface area contributed by atoms with Crippen molar-refractivity contribution in [3.8, 4) is 10.7 Å². The summed E-state index contributed by atoms with van der Waals surface area (Å²) >= 11 is 1.78. The van der Waals surface area contributed by atoms with Gasteiger partial charge in [0.1, 0.15) is 5.01 Å². The van der Waals surface area contributed by atoms with Crippen molar-refractivity contribution in [3.05, 3.63) is 35.5 Å². The molecule has 0 aliphatic carbocycles. The minimum Gasteiger partial charge on any atom is -0.317 e. The fourth-order valence-electron chi connectivity index (χ4n) is 3.74. The summed E-state index contributed by atoms with van der Waals surface area (Å²) < 4.78 is 0. The van der Waals surface area contributed by atoms with E-state index in [0.717, 1.165) is 17.2 Å². The average Bonchev–Trinajstić information content (AvgIpc) is 3.17. The molecule has 2 aromatic heterocycles. The van der Waals surface area contributed by atoms with Crippen molar-refractivity contribution in [2.45, 2.75) is 25.8 Å². The summed E-state index contributed by atoms with van der Waals surface area (Å²) in [5.74, 6) is 0. The summed E-state index contributed by atoms with van der Waals surface area (Å²) in [6.45, 7) is 5.92. The Balaban J connectivity index is 0.00000156. The minimum atomic E-state index is 0. The van der Waals surface area contributed by atoms with Crippen LogP contribution in [0.3, 0.4) is 0 Å².